The fourth-order valence-corrected chi connectivity index (χ4v) is 1.58. The zero-order chi connectivity index (χ0) is 10.8. The Labute approximate surface area is 95.8 Å². The molecule has 1 N–H and O–H groups in total. The highest BCUT2D eigenvalue weighted by molar-refractivity contribution is 7.71. The van der Waals surface area contributed by atoms with Crippen LogP contribution in [0.4, 0.5) is 4.39 Å². The molecular weight excluding hydrogens is 235 g/mol. The van der Waals surface area contributed by atoms with Gasteiger partial charge in [0.25, 0.3) is 0 Å². The Hall–Kier alpha value is -1.26. The summed E-state index contributed by atoms with van der Waals surface area (Å²) in [6.45, 7) is 0. The zero-order valence-corrected chi connectivity index (χ0v) is 9.07. The summed E-state index contributed by atoms with van der Waals surface area (Å²) >= 11 is 10.5. The van der Waals surface area contributed by atoms with Crippen LogP contribution in [-0.4, -0.2) is 9.97 Å². The molecule has 76 valence electrons. The summed E-state index contributed by atoms with van der Waals surface area (Å²) in [6.07, 6.45) is 1.36. The average molecular weight is 241 g/mol. The molecule has 15 heavy (non-hydrogen) atoms. The molecule has 0 aliphatic rings. The fourth-order valence-electron chi connectivity index (χ4n) is 1.24. The van der Waals surface area contributed by atoms with Crippen LogP contribution in [0.15, 0.2) is 30.6 Å². The van der Waals surface area contributed by atoms with Crippen molar-refractivity contribution in [3.63, 3.8) is 0 Å². The van der Waals surface area contributed by atoms with Gasteiger partial charge in [0.1, 0.15) is 0 Å². The van der Waals surface area contributed by atoms with Crippen molar-refractivity contribution in [3.8, 4) is 11.3 Å². The lowest BCUT2D eigenvalue weighted by atomic mass is 10.1. The maximum absolute atomic E-state index is 13.6. The average Bonchev–Trinajstić information content (AvgIpc) is 2.22. The molecule has 0 aliphatic carbocycles. The third-order valence-corrected chi connectivity index (χ3v) is 2.43. The summed E-state index contributed by atoms with van der Waals surface area (Å²) in [4.78, 5) is 6.35. The lowest BCUT2D eigenvalue weighted by Gasteiger charge is -2.03. The molecule has 0 aliphatic heterocycles. The molecule has 0 bridgehead atoms. The van der Waals surface area contributed by atoms with E-state index in [0.717, 1.165) is 0 Å². The van der Waals surface area contributed by atoms with E-state index in [0.29, 0.717) is 16.3 Å². The number of aromatic amines is 1. The number of aromatic nitrogens is 2. The largest absolute Gasteiger partial charge is 0.343 e. The van der Waals surface area contributed by atoms with Crippen LogP contribution in [0, 0.1) is 10.5 Å². The molecule has 1 heterocycles. The maximum Gasteiger partial charge on any atom is 0.183 e. The molecular formula is C10H6ClFN2S. The molecule has 1 aromatic heterocycles. The molecule has 5 heteroatoms. The SMILES string of the molecule is Fc1c(-c2cccc(Cl)c2)[nH]cnc1=S. The van der Waals surface area contributed by atoms with Crippen LogP contribution in [0.3, 0.4) is 0 Å². The smallest absolute Gasteiger partial charge is 0.183 e. The van der Waals surface area contributed by atoms with E-state index < -0.39 is 5.82 Å². The third kappa shape index (κ3) is 2.06. The molecule has 0 unspecified atom stereocenters. The molecule has 2 rings (SSSR count). The number of rotatable bonds is 1. The predicted molar refractivity (Wildman–Crippen MR) is 59.8 cm³/mol. The van der Waals surface area contributed by atoms with Gasteiger partial charge in [0.15, 0.2) is 10.5 Å². The number of halogens is 2. The van der Waals surface area contributed by atoms with E-state index in [1.807, 2.05) is 0 Å². The van der Waals surface area contributed by atoms with Gasteiger partial charge < -0.3 is 4.98 Å². The molecule has 0 radical (unpaired) electrons. The molecule has 0 atom stereocenters. The minimum Gasteiger partial charge on any atom is -0.343 e. The summed E-state index contributed by atoms with van der Waals surface area (Å²) < 4.78 is 13.5. The van der Waals surface area contributed by atoms with Gasteiger partial charge in [0.05, 0.1) is 12.0 Å². The number of hydrogen-bond donors (Lipinski definition) is 1. The van der Waals surface area contributed by atoms with Crippen molar-refractivity contribution in [1.82, 2.24) is 9.97 Å². The highest BCUT2D eigenvalue weighted by atomic mass is 35.5. The summed E-state index contributed by atoms with van der Waals surface area (Å²) in [5, 5.41) is 0.544. The third-order valence-electron chi connectivity index (χ3n) is 1.91. The van der Waals surface area contributed by atoms with Crippen molar-refractivity contribution in [3.05, 3.63) is 46.1 Å². The second kappa shape index (κ2) is 4.08. The normalized spacial score (nSPS) is 10.3. The Morgan fingerprint density at radius 1 is 1.40 bits per heavy atom. The molecule has 0 saturated heterocycles. The highest BCUT2D eigenvalue weighted by Crippen LogP contribution is 2.22. The van der Waals surface area contributed by atoms with Gasteiger partial charge in [0.2, 0.25) is 0 Å². The van der Waals surface area contributed by atoms with Gasteiger partial charge in [-0.1, -0.05) is 36.0 Å². The van der Waals surface area contributed by atoms with Crippen LogP contribution >= 0.6 is 23.8 Å². The van der Waals surface area contributed by atoms with Crippen molar-refractivity contribution in [1.29, 1.82) is 0 Å². The lowest BCUT2D eigenvalue weighted by molar-refractivity contribution is 0.613. The van der Waals surface area contributed by atoms with Crippen molar-refractivity contribution in [2.45, 2.75) is 0 Å². The summed E-state index contributed by atoms with van der Waals surface area (Å²) in [5.41, 5.74) is 0.950. The number of benzene rings is 1. The molecule has 1 aromatic carbocycles. The first-order valence-electron chi connectivity index (χ1n) is 4.17. The van der Waals surface area contributed by atoms with Gasteiger partial charge in [-0.25, -0.2) is 9.37 Å². The van der Waals surface area contributed by atoms with Crippen molar-refractivity contribution in [2.24, 2.45) is 0 Å². The van der Waals surface area contributed by atoms with E-state index in [-0.39, 0.29) is 4.64 Å². The minimum absolute atomic E-state index is 0.0521. The van der Waals surface area contributed by atoms with Gasteiger partial charge in [-0.3, -0.25) is 0 Å². The Morgan fingerprint density at radius 2 is 2.20 bits per heavy atom. The Kier molecular flexibility index (Phi) is 2.79. The van der Waals surface area contributed by atoms with Crippen LogP contribution < -0.4 is 0 Å². The van der Waals surface area contributed by atoms with Crippen LogP contribution in [0.5, 0.6) is 0 Å². The number of hydrogen-bond acceptors (Lipinski definition) is 2. The van der Waals surface area contributed by atoms with E-state index in [2.05, 4.69) is 9.97 Å². The van der Waals surface area contributed by atoms with Crippen molar-refractivity contribution in [2.75, 3.05) is 0 Å². The van der Waals surface area contributed by atoms with E-state index in [4.69, 9.17) is 23.8 Å². The number of nitrogens with one attached hydrogen (secondary N) is 1. The predicted octanol–water partition coefficient (Wildman–Crippen LogP) is 3.60. The van der Waals surface area contributed by atoms with Gasteiger partial charge in [-0.2, -0.15) is 0 Å². The first kappa shape index (κ1) is 10.3. The second-order valence-electron chi connectivity index (χ2n) is 2.91. The Balaban J connectivity index is 2.64. The van der Waals surface area contributed by atoms with Gasteiger partial charge in [0, 0.05) is 10.6 Å². The number of H-pyrrole nitrogens is 1. The molecule has 2 aromatic rings. The molecule has 0 amide bonds. The van der Waals surface area contributed by atoms with Crippen LogP contribution in [0.2, 0.25) is 5.02 Å². The lowest BCUT2D eigenvalue weighted by Crippen LogP contribution is -1.92. The van der Waals surface area contributed by atoms with Crippen molar-refractivity contribution >= 4 is 23.8 Å². The van der Waals surface area contributed by atoms with Gasteiger partial charge >= 0.3 is 0 Å². The standard InChI is InChI=1S/C10H6ClFN2S/c11-7-3-1-2-6(4-7)9-8(12)10(15)14-5-13-9/h1-5H,(H,13,14,15). The fraction of sp³-hybridized carbons (Fsp3) is 0. The molecule has 2 nitrogen and oxygen atoms in total. The topological polar surface area (TPSA) is 28.7 Å². The van der Waals surface area contributed by atoms with E-state index in [9.17, 15) is 4.39 Å². The molecule has 0 saturated carbocycles. The quantitative estimate of drug-likeness (QED) is 0.772. The van der Waals surface area contributed by atoms with E-state index >= 15 is 0 Å². The molecule has 0 fully saturated rings. The Morgan fingerprint density at radius 3 is 2.93 bits per heavy atom. The van der Waals surface area contributed by atoms with Gasteiger partial charge in [-0.05, 0) is 12.1 Å². The van der Waals surface area contributed by atoms with Crippen LogP contribution in [0.1, 0.15) is 0 Å². The maximum atomic E-state index is 13.6. The summed E-state index contributed by atoms with van der Waals surface area (Å²) in [6, 6.07) is 6.87. The summed E-state index contributed by atoms with van der Waals surface area (Å²) in [7, 11) is 0. The monoisotopic (exact) mass is 240 g/mol. The molecule has 0 spiro atoms. The van der Waals surface area contributed by atoms with Crippen LogP contribution in [-0.2, 0) is 0 Å². The zero-order valence-electron chi connectivity index (χ0n) is 7.50. The summed E-state index contributed by atoms with van der Waals surface area (Å²) in [5.74, 6) is -0.533. The second-order valence-corrected chi connectivity index (χ2v) is 3.73. The van der Waals surface area contributed by atoms with E-state index in [1.165, 1.54) is 6.33 Å². The first-order chi connectivity index (χ1) is 7.18. The highest BCUT2D eigenvalue weighted by Gasteiger charge is 2.07. The Bertz CT molecular complexity index is 553. The van der Waals surface area contributed by atoms with E-state index in [1.54, 1.807) is 24.3 Å². The minimum atomic E-state index is -0.533. The first-order valence-corrected chi connectivity index (χ1v) is 4.96. The number of nitrogens with zero attached hydrogens (tertiary/aromatic N) is 1. The van der Waals surface area contributed by atoms with Gasteiger partial charge in [-0.15, -0.1) is 0 Å². The van der Waals surface area contributed by atoms with Crippen molar-refractivity contribution < 1.29 is 4.39 Å². The van der Waals surface area contributed by atoms with Crippen LogP contribution in [0.25, 0.3) is 11.3 Å².